The van der Waals surface area contributed by atoms with Gasteiger partial charge in [-0.3, -0.25) is 0 Å². The molecule has 1 unspecified atom stereocenters. The summed E-state index contributed by atoms with van der Waals surface area (Å²) in [5, 5.41) is 7.75. The van der Waals surface area contributed by atoms with Crippen LogP contribution >= 0.6 is 0 Å². The topological polar surface area (TPSA) is 26.1 Å². The molecule has 1 aromatic rings. The van der Waals surface area contributed by atoms with Crippen molar-refractivity contribution in [1.82, 2.24) is 5.32 Å². The summed E-state index contributed by atoms with van der Waals surface area (Å²) in [4.78, 5) is 0. The van der Waals surface area contributed by atoms with Gasteiger partial charge in [0.1, 0.15) is 0 Å². The van der Waals surface area contributed by atoms with Crippen molar-refractivity contribution < 1.29 is 0 Å². The lowest BCUT2D eigenvalue weighted by Crippen LogP contribution is -2.19. The number of nitrogens with one attached hydrogen (secondary N) is 1. The maximum atomic E-state index is 4.30. The first-order valence-electron chi connectivity index (χ1n) is 4.40. The van der Waals surface area contributed by atoms with Gasteiger partial charge >= 0.3 is 0 Å². The molecule has 1 fully saturated rings. The Hall–Kier alpha value is -1.02. The van der Waals surface area contributed by atoms with Crippen molar-refractivity contribution in [3.63, 3.8) is 0 Å². The lowest BCUT2D eigenvalue weighted by molar-refractivity contribution is 0.787. The Morgan fingerprint density at radius 1 is 1.25 bits per heavy atom. The van der Waals surface area contributed by atoms with Crippen LogP contribution in [0.15, 0.2) is 30.3 Å². The Morgan fingerprint density at radius 2 is 2.08 bits per heavy atom. The quantitative estimate of drug-likeness (QED) is 0.698. The molecule has 1 heterocycles. The Balaban J connectivity index is 1.94. The van der Waals surface area contributed by atoms with Gasteiger partial charge in [0, 0.05) is 24.8 Å². The van der Waals surface area contributed by atoms with E-state index in [0.717, 1.165) is 13.1 Å². The van der Waals surface area contributed by atoms with Gasteiger partial charge in [0.05, 0.1) is 0 Å². The number of benzene rings is 1. The Morgan fingerprint density at radius 3 is 2.75 bits per heavy atom. The average Bonchev–Trinajstić information content (AvgIpc) is 2.59. The lowest BCUT2D eigenvalue weighted by Gasteiger charge is -2.11. The molecule has 12 heavy (non-hydrogen) atoms. The minimum absolute atomic E-state index is 0.562. The number of hydrogen-bond acceptors (Lipinski definition) is 1. The molecule has 63 valence electrons. The molecular formula is C10H13N2. The molecule has 2 rings (SSSR count). The van der Waals surface area contributed by atoms with E-state index in [1.54, 1.807) is 0 Å². The summed E-state index contributed by atoms with van der Waals surface area (Å²) >= 11 is 0. The van der Waals surface area contributed by atoms with Crippen LogP contribution in [0.5, 0.6) is 0 Å². The van der Waals surface area contributed by atoms with E-state index < -0.39 is 0 Å². The Labute approximate surface area is 73.0 Å². The summed E-state index contributed by atoms with van der Waals surface area (Å²) < 4.78 is 0. The summed E-state index contributed by atoms with van der Waals surface area (Å²) in [6.45, 7) is 1.99. The first-order chi connectivity index (χ1) is 5.95. The average molecular weight is 161 g/mol. The summed E-state index contributed by atoms with van der Waals surface area (Å²) in [6.07, 6.45) is 1.18. The number of nitrogens with zero attached hydrogens (tertiary/aromatic N) is 1. The normalized spacial score (nSPS) is 22.5. The SMILES string of the molecule is c1ccc(NC2CC[N]C2)cc1. The van der Waals surface area contributed by atoms with Gasteiger partial charge in [0.15, 0.2) is 0 Å². The smallest absolute Gasteiger partial charge is 0.0415 e. The van der Waals surface area contributed by atoms with E-state index in [1.165, 1.54) is 12.1 Å². The van der Waals surface area contributed by atoms with Crippen molar-refractivity contribution in [2.75, 3.05) is 18.4 Å². The van der Waals surface area contributed by atoms with Gasteiger partial charge in [-0.1, -0.05) is 18.2 Å². The molecule has 1 N–H and O–H groups in total. The van der Waals surface area contributed by atoms with Crippen LogP contribution in [-0.2, 0) is 0 Å². The molecule has 0 bridgehead atoms. The third-order valence-corrected chi connectivity index (χ3v) is 2.13. The largest absolute Gasteiger partial charge is 0.381 e. The standard InChI is InChI=1S/C10H13N2/c1-2-4-9(5-3-1)12-10-6-7-11-8-10/h1-5,10,12H,6-8H2. The molecule has 2 heteroatoms. The molecule has 1 saturated heterocycles. The summed E-state index contributed by atoms with van der Waals surface area (Å²) in [7, 11) is 0. The van der Waals surface area contributed by atoms with Crippen LogP contribution in [0.25, 0.3) is 0 Å². The minimum Gasteiger partial charge on any atom is -0.381 e. The Kier molecular flexibility index (Phi) is 2.28. The maximum Gasteiger partial charge on any atom is 0.0415 e. The fourth-order valence-electron chi connectivity index (χ4n) is 1.47. The van der Waals surface area contributed by atoms with E-state index >= 15 is 0 Å². The predicted octanol–water partition coefficient (Wildman–Crippen LogP) is 1.48. The maximum absolute atomic E-state index is 4.30. The lowest BCUT2D eigenvalue weighted by atomic mass is 10.2. The third-order valence-electron chi connectivity index (χ3n) is 2.13. The van der Waals surface area contributed by atoms with E-state index in [2.05, 4.69) is 34.9 Å². The van der Waals surface area contributed by atoms with E-state index in [4.69, 9.17) is 0 Å². The first-order valence-corrected chi connectivity index (χ1v) is 4.40. The molecule has 0 aromatic heterocycles. The highest BCUT2D eigenvalue weighted by Crippen LogP contribution is 2.10. The molecule has 0 amide bonds. The molecule has 0 aliphatic carbocycles. The van der Waals surface area contributed by atoms with Crippen molar-refractivity contribution >= 4 is 5.69 Å². The van der Waals surface area contributed by atoms with E-state index in [0.29, 0.717) is 6.04 Å². The van der Waals surface area contributed by atoms with Crippen molar-refractivity contribution in [2.24, 2.45) is 0 Å². The second kappa shape index (κ2) is 3.59. The molecule has 1 aromatic carbocycles. The number of anilines is 1. The van der Waals surface area contributed by atoms with Crippen LogP contribution in [0.3, 0.4) is 0 Å². The monoisotopic (exact) mass is 161 g/mol. The molecule has 1 atom stereocenters. The highest BCUT2D eigenvalue weighted by molar-refractivity contribution is 5.43. The highest BCUT2D eigenvalue weighted by Gasteiger charge is 2.14. The second-order valence-corrected chi connectivity index (χ2v) is 3.13. The van der Waals surface area contributed by atoms with Gasteiger partial charge in [-0.15, -0.1) is 0 Å². The summed E-state index contributed by atoms with van der Waals surface area (Å²) in [5.74, 6) is 0. The van der Waals surface area contributed by atoms with E-state index in [9.17, 15) is 0 Å². The van der Waals surface area contributed by atoms with Crippen LogP contribution in [-0.4, -0.2) is 19.1 Å². The zero-order valence-corrected chi connectivity index (χ0v) is 7.03. The molecule has 1 aliphatic rings. The Bertz CT molecular complexity index is 227. The van der Waals surface area contributed by atoms with Gasteiger partial charge in [-0.05, 0) is 18.6 Å². The van der Waals surface area contributed by atoms with Crippen LogP contribution in [0.2, 0.25) is 0 Å². The van der Waals surface area contributed by atoms with Crippen LogP contribution in [0.4, 0.5) is 5.69 Å². The predicted molar refractivity (Wildman–Crippen MR) is 50.3 cm³/mol. The summed E-state index contributed by atoms with van der Waals surface area (Å²) in [5.41, 5.74) is 1.21. The molecule has 1 radical (unpaired) electrons. The van der Waals surface area contributed by atoms with Gasteiger partial charge in [-0.25, -0.2) is 5.32 Å². The van der Waals surface area contributed by atoms with Gasteiger partial charge < -0.3 is 5.32 Å². The van der Waals surface area contributed by atoms with E-state index in [-0.39, 0.29) is 0 Å². The van der Waals surface area contributed by atoms with Crippen molar-refractivity contribution in [2.45, 2.75) is 12.5 Å². The first kappa shape index (κ1) is 7.62. The molecule has 0 saturated carbocycles. The number of para-hydroxylation sites is 1. The fourth-order valence-corrected chi connectivity index (χ4v) is 1.47. The van der Waals surface area contributed by atoms with E-state index in [1.807, 2.05) is 6.07 Å². The third kappa shape index (κ3) is 1.77. The molecular weight excluding hydrogens is 148 g/mol. The minimum atomic E-state index is 0.562. The second-order valence-electron chi connectivity index (χ2n) is 3.13. The van der Waals surface area contributed by atoms with Gasteiger partial charge in [0.25, 0.3) is 0 Å². The fraction of sp³-hybridized carbons (Fsp3) is 0.400. The van der Waals surface area contributed by atoms with Crippen molar-refractivity contribution in [1.29, 1.82) is 0 Å². The van der Waals surface area contributed by atoms with Crippen molar-refractivity contribution in [3.8, 4) is 0 Å². The zero-order chi connectivity index (χ0) is 8.23. The molecule has 0 spiro atoms. The molecule has 1 aliphatic heterocycles. The number of hydrogen-bond donors (Lipinski definition) is 1. The highest BCUT2D eigenvalue weighted by atomic mass is 15.0. The number of rotatable bonds is 2. The van der Waals surface area contributed by atoms with Crippen LogP contribution < -0.4 is 10.6 Å². The summed E-state index contributed by atoms with van der Waals surface area (Å²) in [6, 6.07) is 10.9. The van der Waals surface area contributed by atoms with Crippen molar-refractivity contribution in [3.05, 3.63) is 30.3 Å². The zero-order valence-electron chi connectivity index (χ0n) is 7.03. The van der Waals surface area contributed by atoms with Gasteiger partial charge in [-0.2, -0.15) is 0 Å². The molecule has 2 nitrogen and oxygen atoms in total. The van der Waals surface area contributed by atoms with Gasteiger partial charge in [0.2, 0.25) is 0 Å². The van der Waals surface area contributed by atoms with Crippen LogP contribution in [0, 0.1) is 0 Å². The van der Waals surface area contributed by atoms with Crippen LogP contribution in [0.1, 0.15) is 6.42 Å².